The zero-order chi connectivity index (χ0) is 35.8. The Morgan fingerprint density at radius 1 is 0.574 bits per heavy atom. The first kappa shape index (κ1) is 49.8. The monoisotopic (exact) mass is 698 g/mol. The number of carbonyl (C=O) groups excluding carboxylic acids is 2. The zero-order valence-electron chi connectivity index (χ0n) is 29.8. The van der Waals surface area contributed by atoms with Gasteiger partial charge in [0.25, 0.3) is 0 Å². The fourth-order valence-corrected chi connectivity index (χ4v) is 5.18. The molecule has 13 heteroatoms. The SMILES string of the molecule is CCCCCC/C=C/[N+](CO)(CC(C)C(=O)[O-])CC(C)C(=O)O.CCCCCC/C=C/[N+](CO)(CC(C)C(=O)[O-])CC(C)C(=O)O.[Ca+2]. The van der Waals surface area contributed by atoms with Crippen molar-refractivity contribution in [2.75, 3.05) is 39.6 Å². The summed E-state index contributed by atoms with van der Waals surface area (Å²) in [5.41, 5.74) is 0. The van der Waals surface area contributed by atoms with Crippen LogP contribution in [0.25, 0.3) is 0 Å². The van der Waals surface area contributed by atoms with Gasteiger partial charge in [-0.2, -0.15) is 0 Å². The van der Waals surface area contributed by atoms with E-state index in [0.29, 0.717) is 0 Å². The summed E-state index contributed by atoms with van der Waals surface area (Å²) in [6.07, 6.45) is 18.0. The molecule has 12 nitrogen and oxygen atoms in total. The Hall–Kier alpha value is -1.54. The van der Waals surface area contributed by atoms with Gasteiger partial charge in [-0.25, -0.2) is 0 Å². The molecule has 0 aliphatic carbocycles. The van der Waals surface area contributed by atoms with Crippen LogP contribution in [0.5, 0.6) is 0 Å². The average molecular weight is 699 g/mol. The van der Waals surface area contributed by atoms with Gasteiger partial charge in [-0.1, -0.05) is 66.2 Å². The normalized spacial score (nSPS) is 16.5. The Balaban J connectivity index is -0.000000807. The number of quaternary nitrogens is 2. The van der Waals surface area contributed by atoms with Crippen molar-refractivity contribution in [2.45, 2.75) is 106 Å². The van der Waals surface area contributed by atoms with Gasteiger partial charge in [0, 0.05) is 23.8 Å². The minimum atomic E-state index is -1.19. The molecule has 0 aliphatic heterocycles. The minimum absolute atomic E-state index is 0. The van der Waals surface area contributed by atoms with Gasteiger partial charge in [-0.15, -0.1) is 0 Å². The van der Waals surface area contributed by atoms with Crippen molar-refractivity contribution >= 4 is 61.6 Å². The number of nitrogens with zero attached hydrogens (tertiary/aromatic N) is 2. The summed E-state index contributed by atoms with van der Waals surface area (Å²) in [7, 11) is 0. The smallest absolute Gasteiger partial charge is 0.550 e. The Morgan fingerprint density at radius 3 is 1.11 bits per heavy atom. The van der Waals surface area contributed by atoms with E-state index in [-0.39, 0.29) is 86.3 Å². The molecule has 0 saturated carbocycles. The summed E-state index contributed by atoms with van der Waals surface area (Å²) in [4.78, 5) is 44.3. The van der Waals surface area contributed by atoms with Crippen LogP contribution in [-0.2, 0) is 19.2 Å². The largest absolute Gasteiger partial charge is 2.00 e. The van der Waals surface area contributed by atoms with Crippen molar-refractivity contribution in [2.24, 2.45) is 23.7 Å². The van der Waals surface area contributed by atoms with Gasteiger partial charge in [0.15, 0.2) is 13.5 Å². The number of rotatable bonds is 26. The minimum Gasteiger partial charge on any atom is -0.550 e. The van der Waals surface area contributed by atoms with Gasteiger partial charge >= 0.3 is 49.7 Å². The third kappa shape index (κ3) is 23.5. The maximum absolute atomic E-state index is 11.1. The third-order valence-corrected chi connectivity index (χ3v) is 8.05. The molecule has 0 radical (unpaired) electrons. The molecule has 0 amide bonds. The van der Waals surface area contributed by atoms with Crippen molar-refractivity contribution in [3.63, 3.8) is 0 Å². The van der Waals surface area contributed by atoms with E-state index in [2.05, 4.69) is 13.8 Å². The Labute approximate surface area is 312 Å². The second-order valence-corrected chi connectivity index (χ2v) is 12.8. The van der Waals surface area contributed by atoms with Gasteiger partial charge < -0.3 is 40.2 Å². The molecule has 0 saturated heterocycles. The molecule has 0 fully saturated rings. The van der Waals surface area contributed by atoms with Crippen LogP contribution in [0, 0.1) is 23.7 Å². The molecule has 0 aromatic rings. The molecule has 0 rings (SSSR count). The van der Waals surface area contributed by atoms with Crippen molar-refractivity contribution in [3.8, 4) is 0 Å². The molecule has 6 atom stereocenters. The molecule has 0 aromatic heterocycles. The molecule has 47 heavy (non-hydrogen) atoms. The van der Waals surface area contributed by atoms with E-state index in [0.717, 1.165) is 51.4 Å². The second kappa shape index (κ2) is 28.3. The summed E-state index contributed by atoms with van der Waals surface area (Å²) in [5.74, 6) is -7.21. The van der Waals surface area contributed by atoms with E-state index in [4.69, 9.17) is 10.2 Å². The summed E-state index contributed by atoms with van der Waals surface area (Å²) >= 11 is 0. The molecular formula is C34H62CaN2O10+2. The second-order valence-electron chi connectivity index (χ2n) is 12.8. The molecule has 6 unspecified atom stereocenters. The predicted molar refractivity (Wildman–Crippen MR) is 178 cm³/mol. The predicted octanol–water partition coefficient (Wildman–Crippen LogP) is 2.31. The van der Waals surface area contributed by atoms with Crippen LogP contribution < -0.4 is 10.2 Å². The van der Waals surface area contributed by atoms with Crippen LogP contribution in [0.3, 0.4) is 0 Å². The number of hydrogen-bond donors (Lipinski definition) is 4. The molecule has 0 aromatic carbocycles. The number of unbranched alkanes of at least 4 members (excludes halogenated alkanes) is 8. The third-order valence-electron chi connectivity index (χ3n) is 8.05. The van der Waals surface area contributed by atoms with Crippen molar-refractivity contribution in [1.82, 2.24) is 0 Å². The first-order chi connectivity index (χ1) is 21.6. The quantitative estimate of drug-likeness (QED) is 0.0451. The van der Waals surface area contributed by atoms with Crippen LogP contribution >= 0.6 is 0 Å². The van der Waals surface area contributed by atoms with Crippen LogP contribution in [0.4, 0.5) is 0 Å². The molecule has 0 bridgehead atoms. The van der Waals surface area contributed by atoms with E-state index in [9.17, 15) is 39.6 Å². The maximum atomic E-state index is 11.1. The number of hydrogen-bond acceptors (Lipinski definition) is 8. The van der Waals surface area contributed by atoms with Gasteiger partial charge in [0.1, 0.15) is 11.8 Å². The molecular weight excluding hydrogens is 636 g/mol. The van der Waals surface area contributed by atoms with Crippen LogP contribution in [0.1, 0.15) is 106 Å². The van der Waals surface area contributed by atoms with Gasteiger partial charge in [0.2, 0.25) is 0 Å². The van der Waals surface area contributed by atoms with Crippen molar-refractivity contribution in [1.29, 1.82) is 0 Å². The number of allylic oxidation sites excluding steroid dienone is 2. The van der Waals surface area contributed by atoms with E-state index in [1.165, 1.54) is 26.7 Å². The maximum Gasteiger partial charge on any atom is 2.00 e. The topological polar surface area (TPSA) is 195 Å². The Bertz CT molecular complexity index is 826. The van der Waals surface area contributed by atoms with Crippen LogP contribution in [0.15, 0.2) is 24.6 Å². The Kier molecular flexibility index (Phi) is 30.0. The van der Waals surface area contributed by atoms with Crippen molar-refractivity contribution in [3.05, 3.63) is 24.6 Å². The molecule has 0 heterocycles. The zero-order valence-corrected chi connectivity index (χ0v) is 32.0. The number of aliphatic hydroxyl groups is 2. The summed E-state index contributed by atoms with van der Waals surface area (Å²) in [6, 6.07) is 0. The van der Waals surface area contributed by atoms with Gasteiger partial charge in [-0.05, 0) is 51.7 Å². The van der Waals surface area contributed by atoms with Gasteiger partial charge in [-0.3, -0.25) is 18.6 Å². The van der Waals surface area contributed by atoms with E-state index in [1.807, 2.05) is 12.2 Å². The number of carboxylic acids is 4. The molecule has 4 N–H and O–H groups in total. The van der Waals surface area contributed by atoms with Crippen LogP contribution in [0.2, 0.25) is 0 Å². The summed E-state index contributed by atoms with van der Waals surface area (Å²) < 4.78 is -0.146. The number of carbonyl (C=O) groups is 4. The molecule has 0 spiro atoms. The standard InChI is InChI=1S/2C17H31NO5.Ca/c2*1-4-5-6-7-8-9-10-18(13-19,11-14(2)16(20)21)12-15(3)17(22)23;/h2*9-10,14-15,19H,4-8,11-13H2,1-3H3,(H-,20,21,22,23);/q;;+2/b2*10-9+;. The molecule has 268 valence electrons. The summed E-state index contributed by atoms with van der Waals surface area (Å²) in [5, 5.41) is 59.8. The number of aliphatic hydroxyl groups excluding tert-OH is 2. The number of aliphatic carboxylic acids is 4. The van der Waals surface area contributed by atoms with E-state index < -0.39 is 47.5 Å². The average Bonchev–Trinajstić information content (AvgIpc) is 3.00. The van der Waals surface area contributed by atoms with E-state index in [1.54, 1.807) is 26.2 Å². The van der Waals surface area contributed by atoms with E-state index >= 15 is 0 Å². The van der Waals surface area contributed by atoms with Crippen molar-refractivity contribution < 1.29 is 58.8 Å². The number of carboxylic acid groups (broad SMARTS) is 4. The first-order valence-corrected chi connectivity index (χ1v) is 16.7. The summed E-state index contributed by atoms with van der Waals surface area (Å²) in [6.45, 7) is 10.3. The fourth-order valence-electron chi connectivity index (χ4n) is 5.18. The fraction of sp³-hybridized carbons (Fsp3) is 0.765. The van der Waals surface area contributed by atoms with Crippen LogP contribution in [-0.4, -0.2) is 131 Å². The Morgan fingerprint density at radius 2 is 0.872 bits per heavy atom. The van der Waals surface area contributed by atoms with Gasteiger partial charge in [0.05, 0.1) is 38.6 Å². The first-order valence-electron chi connectivity index (χ1n) is 16.7. The molecule has 0 aliphatic rings.